The van der Waals surface area contributed by atoms with E-state index in [-0.39, 0.29) is 0 Å². The summed E-state index contributed by atoms with van der Waals surface area (Å²) in [5.74, 6) is 0.665. The summed E-state index contributed by atoms with van der Waals surface area (Å²) >= 11 is 0. The minimum Gasteiger partial charge on any atom is -0.309 e. The van der Waals surface area contributed by atoms with Gasteiger partial charge in [-0.2, -0.15) is 0 Å². The summed E-state index contributed by atoms with van der Waals surface area (Å²) in [4.78, 5) is 10.8. The lowest BCUT2D eigenvalue weighted by Crippen LogP contribution is -2.06. The second-order valence-corrected chi connectivity index (χ2v) is 19.8. The average molecular weight is 970 g/mol. The van der Waals surface area contributed by atoms with Crippen LogP contribution in [0.25, 0.3) is 139 Å². The lowest BCUT2D eigenvalue weighted by Gasteiger charge is -2.24. The molecule has 0 spiro atoms. The lowest BCUT2D eigenvalue weighted by molar-refractivity contribution is 1.15. The van der Waals surface area contributed by atoms with Crippen LogP contribution in [0.4, 0.5) is 0 Å². The second-order valence-electron chi connectivity index (χ2n) is 19.8. The zero-order chi connectivity index (χ0) is 50.3. The highest BCUT2D eigenvalue weighted by molar-refractivity contribution is 6.14. The fourth-order valence-corrected chi connectivity index (χ4v) is 12.0. The van der Waals surface area contributed by atoms with Gasteiger partial charge >= 0.3 is 0 Å². The third kappa shape index (κ3) is 6.87. The first-order valence-electron chi connectivity index (χ1n) is 26.0. The standard InChI is InChI=1S/C71H47N5/c1-46-40-41-69-57(42-46)54-30-12-21-39-68(54)76(69)70-58(55-31-13-19-37-66(55)74-62-33-15-8-26-50(62)51-27-9-16-34-63(51)74)43-49(61-45-60(47-22-4-2-5-23-47)72-71(73-61)48-24-6-3-7-25-48)44-59(70)56-32-14-20-38-67(56)75-64-35-17-10-28-52(64)53-29-11-18-36-65(53)75/h2-45H,1H3. The molecule has 0 saturated heterocycles. The normalized spacial score (nSPS) is 11.8. The van der Waals surface area contributed by atoms with Gasteiger partial charge in [0.25, 0.3) is 0 Å². The number of nitrogens with zero attached hydrogens (tertiary/aromatic N) is 5. The van der Waals surface area contributed by atoms with Gasteiger partial charge in [-0.15, -0.1) is 0 Å². The van der Waals surface area contributed by atoms with Crippen LogP contribution in [-0.4, -0.2) is 23.7 Å². The first kappa shape index (κ1) is 43.5. The van der Waals surface area contributed by atoms with Gasteiger partial charge in [-0.1, -0.05) is 200 Å². The lowest BCUT2D eigenvalue weighted by atomic mass is 9.90. The molecule has 0 aliphatic rings. The summed E-state index contributed by atoms with van der Waals surface area (Å²) in [6.45, 7) is 2.19. The number of fused-ring (bicyclic) bond motifs is 9. The molecule has 0 fully saturated rings. The van der Waals surface area contributed by atoms with Crippen LogP contribution in [0.3, 0.4) is 0 Å². The Morgan fingerprint density at radius 3 is 1.12 bits per heavy atom. The highest BCUT2D eigenvalue weighted by atomic mass is 15.0. The number of hydrogen-bond donors (Lipinski definition) is 0. The van der Waals surface area contributed by atoms with Gasteiger partial charge in [0.2, 0.25) is 0 Å². The average Bonchev–Trinajstić information content (AvgIpc) is 4.15. The Kier molecular flexibility index (Phi) is 10.0. The summed E-state index contributed by atoms with van der Waals surface area (Å²) < 4.78 is 7.46. The maximum Gasteiger partial charge on any atom is 0.160 e. The van der Waals surface area contributed by atoms with Crippen LogP contribution in [-0.2, 0) is 0 Å². The highest BCUT2D eigenvalue weighted by Crippen LogP contribution is 2.48. The molecule has 356 valence electrons. The zero-order valence-electron chi connectivity index (χ0n) is 41.6. The zero-order valence-corrected chi connectivity index (χ0v) is 41.6. The van der Waals surface area contributed by atoms with Crippen LogP contribution in [0.2, 0.25) is 0 Å². The van der Waals surface area contributed by atoms with E-state index < -0.39 is 0 Å². The van der Waals surface area contributed by atoms with Crippen molar-refractivity contribution in [2.75, 3.05) is 0 Å². The van der Waals surface area contributed by atoms with E-state index in [4.69, 9.17) is 9.97 Å². The molecule has 15 aromatic rings. The van der Waals surface area contributed by atoms with E-state index in [1.165, 1.54) is 37.9 Å². The first-order valence-corrected chi connectivity index (χ1v) is 26.0. The van der Waals surface area contributed by atoms with Crippen molar-refractivity contribution in [2.24, 2.45) is 0 Å². The smallest absolute Gasteiger partial charge is 0.160 e. The number of para-hydroxylation sites is 7. The molecule has 76 heavy (non-hydrogen) atoms. The van der Waals surface area contributed by atoms with Gasteiger partial charge in [0.1, 0.15) is 0 Å². The summed E-state index contributed by atoms with van der Waals surface area (Å²) in [5.41, 5.74) is 20.2. The molecule has 0 amide bonds. The first-order chi connectivity index (χ1) is 37.6. The molecule has 0 atom stereocenters. The van der Waals surface area contributed by atoms with Crippen molar-refractivity contribution >= 4 is 65.4 Å². The predicted octanol–water partition coefficient (Wildman–Crippen LogP) is 18.4. The largest absolute Gasteiger partial charge is 0.309 e. The van der Waals surface area contributed by atoms with Gasteiger partial charge < -0.3 is 13.7 Å². The van der Waals surface area contributed by atoms with Crippen molar-refractivity contribution in [3.8, 4) is 73.2 Å². The van der Waals surface area contributed by atoms with Crippen LogP contribution in [0.5, 0.6) is 0 Å². The molecule has 0 unspecified atom stereocenters. The topological polar surface area (TPSA) is 40.6 Å². The minimum absolute atomic E-state index is 0.665. The van der Waals surface area contributed by atoms with E-state index in [2.05, 4.69) is 281 Å². The Labute approximate surface area is 439 Å². The van der Waals surface area contributed by atoms with Crippen molar-refractivity contribution in [3.63, 3.8) is 0 Å². The fraction of sp³-hybridized carbons (Fsp3) is 0.0141. The van der Waals surface area contributed by atoms with E-state index in [1.54, 1.807) is 0 Å². The molecule has 5 heteroatoms. The van der Waals surface area contributed by atoms with Gasteiger partial charge in [-0.25, -0.2) is 9.97 Å². The molecule has 0 aliphatic carbocycles. The maximum absolute atomic E-state index is 5.55. The molecule has 4 heterocycles. The third-order valence-electron chi connectivity index (χ3n) is 15.3. The van der Waals surface area contributed by atoms with Crippen molar-refractivity contribution < 1.29 is 0 Å². The van der Waals surface area contributed by atoms with E-state index in [0.29, 0.717) is 5.82 Å². The predicted molar refractivity (Wildman–Crippen MR) is 317 cm³/mol. The van der Waals surface area contributed by atoms with Crippen molar-refractivity contribution in [1.82, 2.24) is 23.7 Å². The highest BCUT2D eigenvalue weighted by Gasteiger charge is 2.27. The van der Waals surface area contributed by atoms with Crippen LogP contribution in [0.1, 0.15) is 5.56 Å². The minimum atomic E-state index is 0.665. The number of benzene rings is 11. The van der Waals surface area contributed by atoms with E-state index >= 15 is 0 Å². The van der Waals surface area contributed by atoms with Crippen molar-refractivity contribution in [3.05, 3.63) is 272 Å². The Balaban J connectivity index is 1.14. The number of hydrogen-bond acceptors (Lipinski definition) is 2. The molecule has 0 saturated carbocycles. The summed E-state index contributed by atoms with van der Waals surface area (Å²) in [6.07, 6.45) is 0. The Morgan fingerprint density at radius 2 is 0.632 bits per heavy atom. The number of aromatic nitrogens is 5. The molecule has 5 nitrogen and oxygen atoms in total. The maximum atomic E-state index is 5.55. The van der Waals surface area contributed by atoms with Crippen molar-refractivity contribution in [1.29, 1.82) is 0 Å². The molecule has 15 rings (SSSR count). The molecule has 0 radical (unpaired) electrons. The monoisotopic (exact) mass is 969 g/mol. The molecule has 11 aromatic carbocycles. The van der Waals surface area contributed by atoms with E-state index in [0.717, 1.165) is 100 Å². The van der Waals surface area contributed by atoms with Crippen molar-refractivity contribution in [2.45, 2.75) is 6.92 Å². The molecule has 0 aliphatic heterocycles. The van der Waals surface area contributed by atoms with Crippen LogP contribution >= 0.6 is 0 Å². The fourth-order valence-electron chi connectivity index (χ4n) is 12.0. The van der Waals surface area contributed by atoms with E-state index in [1.807, 2.05) is 6.07 Å². The summed E-state index contributed by atoms with van der Waals surface area (Å²) in [6, 6.07) is 96.7. The van der Waals surface area contributed by atoms with Gasteiger partial charge in [0, 0.05) is 71.3 Å². The van der Waals surface area contributed by atoms with Gasteiger partial charge in [0.15, 0.2) is 5.82 Å². The molecule has 4 aromatic heterocycles. The third-order valence-corrected chi connectivity index (χ3v) is 15.3. The number of rotatable bonds is 8. The summed E-state index contributed by atoms with van der Waals surface area (Å²) in [5, 5.41) is 7.25. The Bertz CT molecular complexity index is 4430. The SMILES string of the molecule is Cc1ccc2c(c1)c1ccccc1n2-c1c(-c2ccccc2-n2c3ccccc3c3ccccc32)cc(-c2cc(-c3ccccc3)nc(-c3ccccc3)n2)cc1-c1ccccc1-n1c2ccccc2c2ccccc21. The Hall–Kier alpha value is -10.1. The van der Waals surface area contributed by atoms with E-state index in [9.17, 15) is 0 Å². The quantitative estimate of drug-likeness (QED) is 0.152. The van der Waals surface area contributed by atoms with Crippen LogP contribution in [0.15, 0.2) is 267 Å². The van der Waals surface area contributed by atoms with Crippen LogP contribution < -0.4 is 0 Å². The van der Waals surface area contributed by atoms with Gasteiger partial charge in [0.05, 0.1) is 61.6 Å². The molecular weight excluding hydrogens is 923 g/mol. The van der Waals surface area contributed by atoms with Gasteiger partial charge in [-0.05, 0) is 79.7 Å². The van der Waals surface area contributed by atoms with Crippen LogP contribution in [0, 0.1) is 6.92 Å². The Morgan fingerprint density at radius 1 is 0.263 bits per heavy atom. The van der Waals surface area contributed by atoms with Gasteiger partial charge in [-0.3, -0.25) is 0 Å². The number of aryl methyl sites for hydroxylation is 1. The molecule has 0 N–H and O–H groups in total. The molecular formula is C71H47N5. The second kappa shape index (κ2) is 17.5. The summed E-state index contributed by atoms with van der Waals surface area (Å²) in [7, 11) is 0. The molecule has 0 bridgehead atoms.